The summed E-state index contributed by atoms with van der Waals surface area (Å²) in [7, 11) is 0. The van der Waals surface area contributed by atoms with Gasteiger partial charge in [-0.1, -0.05) is 39.3 Å². The molecule has 2 atom stereocenters. The van der Waals surface area contributed by atoms with Crippen molar-refractivity contribution in [2.24, 2.45) is 11.8 Å². The SMILES string of the molecule is CC(C)CC1Oc2ccc(Cl)cc2NC1C(C)C. The number of rotatable bonds is 3. The number of nitrogens with one attached hydrogen (secondary N) is 1. The highest BCUT2D eigenvalue weighted by molar-refractivity contribution is 6.30. The summed E-state index contributed by atoms with van der Waals surface area (Å²) < 4.78 is 6.15. The molecule has 1 aromatic rings. The van der Waals surface area contributed by atoms with E-state index in [2.05, 4.69) is 33.0 Å². The van der Waals surface area contributed by atoms with Gasteiger partial charge in [0.05, 0.1) is 11.7 Å². The number of hydrogen-bond acceptors (Lipinski definition) is 2. The molecule has 2 unspecified atom stereocenters. The second-order valence-electron chi connectivity index (χ2n) is 5.84. The maximum Gasteiger partial charge on any atom is 0.143 e. The van der Waals surface area contributed by atoms with E-state index in [1.165, 1.54) is 0 Å². The zero-order chi connectivity index (χ0) is 13.3. The molecule has 2 nitrogen and oxygen atoms in total. The van der Waals surface area contributed by atoms with Gasteiger partial charge in [0.2, 0.25) is 0 Å². The fourth-order valence-corrected chi connectivity index (χ4v) is 2.65. The first kappa shape index (κ1) is 13.5. The van der Waals surface area contributed by atoms with Crippen LogP contribution in [0.2, 0.25) is 5.02 Å². The molecule has 3 heteroatoms. The summed E-state index contributed by atoms with van der Waals surface area (Å²) in [5.41, 5.74) is 1.02. The number of fused-ring (bicyclic) bond motifs is 1. The van der Waals surface area contributed by atoms with Crippen LogP contribution in [0.3, 0.4) is 0 Å². The summed E-state index contributed by atoms with van der Waals surface area (Å²) in [4.78, 5) is 0. The molecule has 1 aromatic carbocycles. The molecule has 0 amide bonds. The first-order valence-electron chi connectivity index (χ1n) is 6.70. The summed E-state index contributed by atoms with van der Waals surface area (Å²) in [6, 6.07) is 6.12. The van der Waals surface area contributed by atoms with Crippen molar-refractivity contribution < 1.29 is 4.74 Å². The van der Waals surface area contributed by atoms with Gasteiger partial charge in [0.1, 0.15) is 11.9 Å². The van der Waals surface area contributed by atoms with Gasteiger partial charge in [-0.25, -0.2) is 0 Å². The molecule has 100 valence electrons. The van der Waals surface area contributed by atoms with Crippen molar-refractivity contribution in [1.29, 1.82) is 0 Å². The Morgan fingerprint density at radius 3 is 2.61 bits per heavy atom. The zero-order valence-corrected chi connectivity index (χ0v) is 12.3. The molecule has 1 heterocycles. The lowest BCUT2D eigenvalue weighted by atomic mass is 9.91. The lowest BCUT2D eigenvalue weighted by Gasteiger charge is -2.38. The van der Waals surface area contributed by atoms with Gasteiger partial charge in [0.15, 0.2) is 0 Å². The van der Waals surface area contributed by atoms with E-state index in [4.69, 9.17) is 16.3 Å². The number of hydrogen-bond donors (Lipinski definition) is 1. The van der Waals surface area contributed by atoms with E-state index in [0.29, 0.717) is 17.9 Å². The largest absolute Gasteiger partial charge is 0.486 e. The molecule has 0 fully saturated rings. The Morgan fingerprint density at radius 2 is 2.00 bits per heavy atom. The van der Waals surface area contributed by atoms with Crippen LogP contribution in [0, 0.1) is 11.8 Å². The lowest BCUT2D eigenvalue weighted by molar-refractivity contribution is 0.125. The molecule has 1 N–H and O–H groups in total. The van der Waals surface area contributed by atoms with E-state index >= 15 is 0 Å². The molecular formula is C15H22ClNO. The average molecular weight is 268 g/mol. The molecule has 0 saturated heterocycles. The van der Waals surface area contributed by atoms with E-state index in [0.717, 1.165) is 22.9 Å². The molecule has 2 rings (SSSR count). The lowest BCUT2D eigenvalue weighted by Crippen LogP contribution is -2.45. The number of halogens is 1. The maximum atomic E-state index is 6.15. The number of ether oxygens (including phenoxy) is 1. The highest BCUT2D eigenvalue weighted by atomic mass is 35.5. The monoisotopic (exact) mass is 267 g/mol. The fraction of sp³-hybridized carbons (Fsp3) is 0.600. The van der Waals surface area contributed by atoms with Gasteiger partial charge in [-0.05, 0) is 36.5 Å². The third kappa shape index (κ3) is 2.92. The minimum absolute atomic E-state index is 0.235. The molecule has 1 aliphatic rings. The summed E-state index contributed by atoms with van der Waals surface area (Å²) in [6.45, 7) is 8.92. The minimum Gasteiger partial charge on any atom is -0.486 e. The van der Waals surface area contributed by atoms with Crippen LogP contribution in [0.1, 0.15) is 34.1 Å². The van der Waals surface area contributed by atoms with Crippen LogP contribution in [-0.2, 0) is 0 Å². The average Bonchev–Trinajstić information content (AvgIpc) is 2.27. The Bertz CT molecular complexity index is 417. The van der Waals surface area contributed by atoms with Gasteiger partial charge in [-0.3, -0.25) is 0 Å². The van der Waals surface area contributed by atoms with Crippen molar-refractivity contribution in [2.75, 3.05) is 5.32 Å². The Morgan fingerprint density at radius 1 is 1.28 bits per heavy atom. The summed E-state index contributed by atoms with van der Waals surface area (Å²) in [5, 5.41) is 4.33. The van der Waals surface area contributed by atoms with Gasteiger partial charge < -0.3 is 10.1 Å². The standard InChI is InChI=1S/C15H22ClNO/c1-9(2)7-14-15(10(3)4)17-12-8-11(16)5-6-13(12)18-14/h5-6,8-10,14-15,17H,7H2,1-4H3. The predicted octanol–water partition coefficient (Wildman–Crippen LogP) is 4.58. The topological polar surface area (TPSA) is 21.3 Å². The van der Waals surface area contributed by atoms with Gasteiger partial charge >= 0.3 is 0 Å². The highest BCUT2D eigenvalue weighted by Crippen LogP contribution is 2.36. The molecule has 18 heavy (non-hydrogen) atoms. The van der Waals surface area contributed by atoms with E-state index in [-0.39, 0.29) is 6.10 Å². The first-order chi connectivity index (χ1) is 8.47. The summed E-state index contributed by atoms with van der Waals surface area (Å²) >= 11 is 6.03. The quantitative estimate of drug-likeness (QED) is 0.865. The van der Waals surface area contributed by atoms with Crippen LogP contribution in [0.5, 0.6) is 5.75 Å². The molecule has 0 aromatic heterocycles. The second-order valence-corrected chi connectivity index (χ2v) is 6.28. The van der Waals surface area contributed by atoms with Crippen molar-refractivity contribution in [3.05, 3.63) is 23.2 Å². The van der Waals surface area contributed by atoms with Crippen LogP contribution in [-0.4, -0.2) is 12.1 Å². The Hall–Kier alpha value is -0.890. The Balaban J connectivity index is 2.25. The summed E-state index contributed by atoms with van der Waals surface area (Å²) in [6.07, 6.45) is 1.30. The van der Waals surface area contributed by atoms with Gasteiger partial charge in [-0.2, -0.15) is 0 Å². The van der Waals surface area contributed by atoms with Crippen LogP contribution >= 0.6 is 11.6 Å². The molecule has 0 spiro atoms. The van der Waals surface area contributed by atoms with E-state index in [9.17, 15) is 0 Å². The third-order valence-corrected chi connectivity index (χ3v) is 3.60. The van der Waals surface area contributed by atoms with Crippen molar-refractivity contribution in [2.45, 2.75) is 46.3 Å². The second kappa shape index (κ2) is 5.40. The first-order valence-corrected chi connectivity index (χ1v) is 7.08. The molecule has 0 saturated carbocycles. The maximum absolute atomic E-state index is 6.15. The van der Waals surface area contributed by atoms with Crippen LogP contribution in [0.15, 0.2) is 18.2 Å². The smallest absolute Gasteiger partial charge is 0.143 e. The number of benzene rings is 1. The van der Waals surface area contributed by atoms with Crippen LogP contribution in [0.25, 0.3) is 0 Å². The molecule has 0 bridgehead atoms. The minimum atomic E-state index is 0.235. The normalized spacial score (nSPS) is 22.6. The van der Waals surface area contributed by atoms with Crippen molar-refractivity contribution in [3.63, 3.8) is 0 Å². The fourth-order valence-electron chi connectivity index (χ4n) is 2.48. The molecular weight excluding hydrogens is 246 g/mol. The molecule has 1 aliphatic heterocycles. The van der Waals surface area contributed by atoms with Gasteiger partial charge in [-0.15, -0.1) is 0 Å². The molecule has 0 aliphatic carbocycles. The zero-order valence-electron chi connectivity index (χ0n) is 11.5. The predicted molar refractivity (Wildman–Crippen MR) is 77.6 cm³/mol. The summed E-state index contributed by atoms with van der Waals surface area (Å²) in [5.74, 6) is 2.08. The Kier molecular flexibility index (Phi) is 4.06. The molecule has 0 radical (unpaired) electrons. The van der Waals surface area contributed by atoms with Crippen molar-refractivity contribution in [1.82, 2.24) is 0 Å². The van der Waals surface area contributed by atoms with Crippen LogP contribution < -0.4 is 10.1 Å². The van der Waals surface area contributed by atoms with Crippen LogP contribution in [0.4, 0.5) is 5.69 Å². The van der Waals surface area contributed by atoms with Crippen molar-refractivity contribution >= 4 is 17.3 Å². The Labute approximate surface area is 115 Å². The van der Waals surface area contributed by atoms with E-state index in [1.807, 2.05) is 18.2 Å². The number of anilines is 1. The third-order valence-electron chi connectivity index (χ3n) is 3.36. The van der Waals surface area contributed by atoms with Gasteiger partial charge in [0.25, 0.3) is 0 Å². The van der Waals surface area contributed by atoms with Gasteiger partial charge in [0, 0.05) is 5.02 Å². The van der Waals surface area contributed by atoms with Crippen molar-refractivity contribution in [3.8, 4) is 5.75 Å². The highest BCUT2D eigenvalue weighted by Gasteiger charge is 2.32. The van der Waals surface area contributed by atoms with E-state index in [1.54, 1.807) is 0 Å². The van der Waals surface area contributed by atoms with E-state index < -0.39 is 0 Å².